The molecular formula is C11H20N2OS. The molecule has 0 aromatic rings. The molecule has 2 N–H and O–H groups in total. The van der Waals surface area contributed by atoms with Crippen molar-refractivity contribution in [2.45, 2.75) is 26.3 Å². The maximum Gasteiger partial charge on any atom is 0.221 e. The van der Waals surface area contributed by atoms with Crippen molar-refractivity contribution in [3.05, 3.63) is 0 Å². The number of hydrogen-bond donors (Lipinski definition) is 2. The number of thioether (sulfide) groups is 1. The van der Waals surface area contributed by atoms with Crippen molar-refractivity contribution in [1.29, 1.82) is 0 Å². The Balaban J connectivity index is 3.17. The zero-order chi connectivity index (χ0) is 11.5. The molecule has 4 heteroatoms. The molecule has 0 unspecified atom stereocenters. The fourth-order valence-corrected chi connectivity index (χ4v) is 1.55. The van der Waals surface area contributed by atoms with Crippen LogP contribution in [0.2, 0.25) is 0 Å². The third-order valence-electron chi connectivity index (χ3n) is 1.59. The van der Waals surface area contributed by atoms with E-state index in [1.165, 1.54) is 0 Å². The van der Waals surface area contributed by atoms with Crippen LogP contribution in [0.3, 0.4) is 0 Å². The molecule has 0 rings (SSSR count). The minimum absolute atomic E-state index is 0.105. The first-order valence-corrected chi connectivity index (χ1v) is 6.33. The van der Waals surface area contributed by atoms with Crippen molar-refractivity contribution in [2.75, 3.05) is 24.6 Å². The molecule has 0 heterocycles. The summed E-state index contributed by atoms with van der Waals surface area (Å²) >= 11 is 1.72. The van der Waals surface area contributed by atoms with Gasteiger partial charge in [-0.3, -0.25) is 4.79 Å². The number of hydrogen-bond acceptors (Lipinski definition) is 3. The van der Waals surface area contributed by atoms with Gasteiger partial charge in [0.05, 0.1) is 5.75 Å². The van der Waals surface area contributed by atoms with E-state index in [4.69, 9.17) is 6.42 Å². The van der Waals surface area contributed by atoms with E-state index in [9.17, 15) is 4.79 Å². The third-order valence-corrected chi connectivity index (χ3v) is 2.45. The van der Waals surface area contributed by atoms with Gasteiger partial charge in [-0.1, -0.05) is 5.92 Å². The van der Waals surface area contributed by atoms with Gasteiger partial charge >= 0.3 is 0 Å². The van der Waals surface area contributed by atoms with E-state index in [1.54, 1.807) is 11.8 Å². The first kappa shape index (κ1) is 14.3. The van der Waals surface area contributed by atoms with E-state index >= 15 is 0 Å². The molecule has 0 radical (unpaired) electrons. The highest BCUT2D eigenvalue weighted by molar-refractivity contribution is 7.99. The largest absolute Gasteiger partial charge is 0.354 e. The van der Waals surface area contributed by atoms with Crippen LogP contribution in [0.25, 0.3) is 0 Å². The molecule has 86 valence electrons. The molecule has 0 atom stereocenters. The molecule has 0 aliphatic rings. The Morgan fingerprint density at radius 3 is 2.80 bits per heavy atom. The number of amides is 1. The molecule has 0 aromatic carbocycles. The number of rotatable bonds is 8. The maximum absolute atomic E-state index is 11.2. The van der Waals surface area contributed by atoms with Gasteiger partial charge in [0.2, 0.25) is 5.91 Å². The van der Waals surface area contributed by atoms with Gasteiger partial charge in [0.15, 0.2) is 0 Å². The SMILES string of the molecule is C#CCSCCNCCC(=O)NC(C)C. The molecule has 0 saturated heterocycles. The van der Waals surface area contributed by atoms with Crippen LogP contribution in [0.15, 0.2) is 0 Å². The number of terminal acetylenes is 1. The highest BCUT2D eigenvalue weighted by atomic mass is 32.2. The second-order valence-corrected chi connectivity index (χ2v) is 4.58. The van der Waals surface area contributed by atoms with Gasteiger partial charge in [-0.2, -0.15) is 0 Å². The van der Waals surface area contributed by atoms with Crippen molar-refractivity contribution in [3.63, 3.8) is 0 Å². The van der Waals surface area contributed by atoms with Gasteiger partial charge < -0.3 is 10.6 Å². The minimum Gasteiger partial charge on any atom is -0.354 e. The van der Waals surface area contributed by atoms with E-state index in [-0.39, 0.29) is 11.9 Å². The summed E-state index contributed by atoms with van der Waals surface area (Å²) < 4.78 is 0. The first-order chi connectivity index (χ1) is 7.16. The van der Waals surface area contributed by atoms with E-state index in [1.807, 2.05) is 13.8 Å². The number of carbonyl (C=O) groups is 1. The van der Waals surface area contributed by atoms with Crippen LogP contribution in [0, 0.1) is 12.3 Å². The summed E-state index contributed by atoms with van der Waals surface area (Å²) in [4.78, 5) is 11.2. The Morgan fingerprint density at radius 1 is 1.47 bits per heavy atom. The molecule has 0 fully saturated rings. The predicted octanol–water partition coefficient (Wildman–Crippen LogP) is 0.857. The van der Waals surface area contributed by atoms with Crippen molar-refractivity contribution < 1.29 is 4.79 Å². The van der Waals surface area contributed by atoms with E-state index < -0.39 is 0 Å². The average Bonchev–Trinajstić information content (AvgIpc) is 2.15. The van der Waals surface area contributed by atoms with E-state index in [0.29, 0.717) is 6.42 Å². The van der Waals surface area contributed by atoms with Crippen molar-refractivity contribution in [1.82, 2.24) is 10.6 Å². The molecule has 1 amide bonds. The summed E-state index contributed by atoms with van der Waals surface area (Å²) in [6, 6.07) is 0.226. The molecule has 0 bridgehead atoms. The van der Waals surface area contributed by atoms with Crippen LogP contribution >= 0.6 is 11.8 Å². The van der Waals surface area contributed by atoms with Gasteiger partial charge in [-0.15, -0.1) is 18.2 Å². The Labute approximate surface area is 96.8 Å². The van der Waals surface area contributed by atoms with Crippen LogP contribution < -0.4 is 10.6 Å². The van der Waals surface area contributed by atoms with Crippen LogP contribution in [-0.4, -0.2) is 36.5 Å². The Bertz CT molecular complexity index is 211. The molecule has 3 nitrogen and oxygen atoms in total. The maximum atomic E-state index is 11.2. The Morgan fingerprint density at radius 2 is 2.20 bits per heavy atom. The van der Waals surface area contributed by atoms with Crippen LogP contribution in [0.5, 0.6) is 0 Å². The topological polar surface area (TPSA) is 41.1 Å². The Hall–Kier alpha value is -0.660. The van der Waals surface area contributed by atoms with Crippen LogP contribution in [0.4, 0.5) is 0 Å². The van der Waals surface area contributed by atoms with Gasteiger partial charge in [-0.25, -0.2) is 0 Å². The summed E-state index contributed by atoms with van der Waals surface area (Å²) in [6.07, 6.45) is 5.65. The number of nitrogens with one attached hydrogen (secondary N) is 2. The lowest BCUT2D eigenvalue weighted by Gasteiger charge is -2.08. The second kappa shape index (κ2) is 9.88. The molecule has 0 aliphatic heterocycles. The average molecular weight is 228 g/mol. The molecule has 0 spiro atoms. The van der Waals surface area contributed by atoms with Gasteiger partial charge in [0, 0.05) is 31.3 Å². The smallest absolute Gasteiger partial charge is 0.221 e. The van der Waals surface area contributed by atoms with Crippen LogP contribution in [0.1, 0.15) is 20.3 Å². The summed E-state index contributed by atoms with van der Waals surface area (Å²) in [6.45, 7) is 5.56. The van der Waals surface area contributed by atoms with Crippen molar-refractivity contribution >= 4 is 17.7 Å². The highest BCUT2D eigenvalue weighted by Crippen LogP contribution is 1.95. The fraction of sp³-hybridized carbons (Fsp3) is 0.727. The zero-order valence-corrected chi connectivity index (χ0v) is 10.3. The summed E-state index contributed by atoms with van der Waals surface area (Å²) in [5, 5.41) is 6.04. The fourth-order valence-electron chi connectivity index (χ4n) is 0.996. The summed E-state index contributed by atoms with van der Waals surface area (Å²) in [5.41, 5.74) is 0. The quantitative estimate of drug-likeness (QED) is 0.478. The zero-order valence-electron chi connectivity index (χ0n) is 9.51. The lowest BCUT2D eigenvalue weighted by molar-refractivity contribution is -0.121. The second-order valence-electron chi connectivity index (χ2n) is 3.48. The third kappa shape index (κ3) is 11.3. The Kier molecular flexibility index (Phi) is 9.44. The van der Waals surface area contributed by atoms with E-state index in [0.717, 1.165) is 24.6 Å². The predicted molar refractivity (Wildman–Crippen MR) is 66.9 cm³/mol. The molecular weight excluding hydrogens is 208 g/mol. The lowest BCUT2D eigenvalue weighted by atomic mass is 10.3. The molecule has 0 saturated carbocycles. The van der Waals surface area contributed by atoms with Gasteiger partial charge in [-0.05, 0) is 13.8 Å². The van der Waals surface area contributed by atoms with E-state index in [2.05, 4.69) is 16.6 Å². The highest BCUT2D eigenvalue weighted by Gasteiger charge is 2.01. The standard InChI is InChI=1S/C11H20N2OS/c1-4-8-15-9-7-12-6-5-11(14)13-10(2)3/h1,10,12H,5-9H2,2-3H3,(H,13,14). The lowest BCUT2D eigenvalue weighted by Crippen LogP contribution is -2.32. The normalized spacial score (nSPS) is 10.0. The van der Waals surface area contributed by atoms with Crippen molar-refractivity contribution in [3.8, 4) is 12.3 Å². The summed E-state index contributed by atoms with van der Waals surface area (Å²) in [5.74, 6) is 4.43. The number of carbonyl (C=O) groups excluding carboxylic acids is 1. The van der Waals surface area contributed by atoms with Crippen molar-refractivity contribution in [2.24, 2.45) is 0 Å². The van der Waals surface area contributed by atoms with Gasteiger partial charge in [0.1, 0.15) is 0 Å². The molecule has 0 aromatic heterocycles. The van der Waals surface area contributed by atoms with Gasteiger partial charge in [0.25, 0.3) is 0 Å². The minimum atomic E-state index is 0.105. The van der Waals surface area contributed by atoms with Crippen LogP contribution in [-0.2, 0) is 4.79 Å². The first-order valence-electron chi connectivity index (χ1n) is 5.18. The summed E-state index contributed by atoms with van der Waals surface area (Å²) in [7, 11) is 0. The molecule has 15 heavy (non-hydrogen) atoms. The monoisotopic (exact) mass is 228 g/mol. The molecule has 0 aliphatic carbocycles.